The van der Waals surface area contributed by atoms with E-state index in [2.05, 4.69) is 10.4 Å². The van der Waals surface area contributed by atoms with Crippen molar-refractivity contribution in [2.24, 2.45) is 0 Å². The Bertz CT molecular complexity index is 1020. The third kappa shape index (κ3) is 4.45. The van der Waals surface area contributed by atoms with E-state index in [1.165, 1.54) is 12.1 Å². The average molecular weight is 405 g/mol. The topological polar surface area (TPSA) is 90.1 Å². The van der Waals surface area contributed by atoms with E-state index in [4.69, 9.17) is 23.2 Å². The Kier molecular flexibility index (Phi) is 5.43. The molecule has 0 saturated heterocycles. The van der Waals surface area contributed by atoms with Crippen molar-refractivity contribution < 1.29 is 9.72 Å². The molecule has 1 N–H and O–H groups in total. The summed E-state index contributed by atoms with van der Waals surface area (Å²) in [4.78, 5) is 22.7. The molecule has 0 atom stereocenters. The summed E-state index contributed by atoms with van der Waals surface area (Å²) in [6, 6.07) is 13.0. The molecule has 0 aliphatic rings. The van der Waals surface area contributed by atoms with E-state index in [-0.39, 0.29) is 16.3 Å². The zero-order valence-electron chi connectivity index (χ0n) is 14.1. The summed E-state index contributed by atoms with van der Waals surface area (Å²) in [5.41, 5.74) is 1.66. The van der Waals surface area contributed by atoms with Crippen molar-refractivity contribution in [2.75, 3.05) is 5.32 Å². The van der Waals surface area contributed by atoms with Gasteiger partial charge in [-0.3, -0.25) is 19.6 Å². The number of nitrogens with zero attached hydrogens (tertiary/aromatic N) is 3. The maximum absolute atomic E-state index is 12.4. The lowest BCUT2D eigenvalue weighted by Crippen LogP contribution is -2.13. The average Bonchev–Trinajstić information content (AvgIpc) is 2.96. The number of carbonyl (C=O) groups excluding carboxylic acids is 1. The summed E-state index contributed by atoms with van der Waals surface area (Å²) in [6.07, 6.45) is 0. The zero-order chi connectivity index (χ0) is 19.6. The van der Waals surface area contributed by atoms with Crippen molar-refractivity contribution in [1.29, 1.82) is 0 Å². The number of carbonyl (C=O) groups is 1. The Balaban J connectivity index is 1.76. The number of hydrogen-bond acceptors (Lipinski definition) is 4. The Labute approximate surface area is 164 Å². The summed E-state index contributed by atoms with van der Waals surface area (Å²) >= 11 is 11.7. The van der Waals surface area contributed by atoms with Crippen LogP contribution in [0.4, 0.5) is 11.5 Å². The van der Waals surface area contributed by atoms with E-state index in [0.29, 0.717) is 17.4 Å². The molecule has 9 heteroatoms. The second kappa shape index (κ2) is 7.77. The molecule has 0 radical (unpaired) electrons. The minimum atomic E-state index is -0.635. The van der Waals surface area contributed by atoms with Gasteiger partial charge in [-0.15, -0.1) is 0 Å². The molecule has 0 bridgehead atoms. The van der Waals surface area contributed by atoms with Crippen molar-refractivity contribution in [3.8, 4) is 0 Å². The van der Waals surface area contributed by atoms with Gasteiger partial charge in [0, 0.05) is 28.4 Å². The monoisotopic (exact) mass is 404 g/mol. The molecular formula is C18H14Cl2N4O3. The van der Waals surface area contributed by atoms with Crippen LogP contribution in [0.2, 0.25) is 10.0 Å². The number of hydrogen-bond donors (Lipinski definition) is 1. The van der Waals surface area contributed by atoms with Crippen LogP contribution in [-0.2, 0) is 6.54 Å². The first kappa shape index (κ1) is 18.9. The van der Waals surface area contributed by atoms with E-state index >= 15 is 0 Å². The van der Waals surface area contributed by atoms with Crippen LogP contribution in [0.15, 0.2) is 48.5 Å². The molecule has 2 aromatic carbocycles. The smallest absolute Gasteiger partial charge is 0.288 e. The van der Waals surface area contributed by atoms with Crippen LogP contribution in [-0.4, -0.2) is 20.6 Å². The second-order valence-corrected chi connectivity index (χ2v) is 6.68. The largest absolute Gasteiger partial charge is 0.305 e. The van der Waals surface area contributed by atoms with Crippen molar-refractivity contribution in [1.82, 2.24) is 9.78 Å². The van der Waals surface area contributed by atoms with Gasteiger partial charge >= 0.3 is 0 Å². The van der Waals surface area contributed by atoms with Crippen LogP contribution in [0.25, 0.3) is 0 Å². The highest BCUT2D eigenvalue weighted by Crippen LogP contribution is 2.25. The van der Waals surface area contributed by atoms with Gasteiger partial charge in [0.15, 0.2) is 5.82 Å². The number of amides is 1. The van der Waals surface area contributed by atoms with Crippen LogP contribution in [0.1, 0.15) is 21.6 Å². The van der Waals surface area contributed by atoms with E-state index in [0.717, 1.165) is 17.3 Å². The molecule has 0 aliphatic heterocycles. The molecule has 0 spiro atoms. The van der Waals surface area contributed by atoms with Crippen LogP contribution < -0.4 is 5.32 Å². The maximum Gasteiger partial charge on any atom is 0.288 e. The third-order valence-electron chi connectivity index (χ3n) is 3.87. The molecule has 27 heavy (non-hydrogen) atoms. The van der Waals surface area contributed by atoms with Gasteiger partial charge in [0.1, 0.15) is 5.02 Å². The lowest BCUT2D eigenvalue weighted by Gasteiger charge is -2.05. The fourth-order valence-corrected chi connectivity index (χ4v) is 2.79. The number of aromatic nitrogens is 2. The van der Waals surface area contributed by atoms with E-state index in [1.54, 1.807) is 22.9 Å². The van der Waals surface area contributed by atoms with Gasteiger partial charge in [0.05, 0.1) is 11.5 Å². The lowest BCUT2D eigenvalue weighted by molar-refractivity contribution is -0.384. The first-order valence-electron chi connectivity index (χ1n) is 7.87. The second-order valence-electron chi connectivity index (χ2n) is 5.83. The standard InChI is InChI=1S/C18H14Cl2N4O3/c1-11-8-17(22-23(11)10-12-2-5-14(19)6-3-12)21-18(25)13-4-7-15(20)16(9-13)24(26)27/h2-9H,10H2,1H3,(H,21,22,25). The molecule has 1 heterocycles. The fraction of sp³-hybridized carbons (Fsp3) is 0.111. The molecule has 3 rings (SSSR count). The number of nitrogens with one attached hydrogen (secondary N) is 1. The van der Waals surface area contributed by atoms with Gasteiger partial charge in [-0.1, -0.05) is 35.3 Å². The van der Waals surface area contributed by atoms with Gasteiger partial charge in [-0.05, 0) is 36.8 Å². The minimum absolute atomic E-state index is 0.0281. The summed E-state index contributed by atoms with van der Waals surface area (Å²) in [7, 11) is 0. The molecule has 0 aliphatic carbocycles. The van der Waals surface area contributed by atoms with E-state index in [9.17, 15) is 14.9 Å². The van der Waals surface area contributed by atoms with Crippen LogP contribution in [0.5, 0.6) is 0 Å². The number of anilines is 1. The molecule has 0 fully saturated rings. The molecule has 1 aromatic heterocycles. The highest BCUT2D eigenvalue weighted by molar-refractivity contribution is 6.32. The van der Waals surface area contributed by atoms with Crippen molar-refractivity contribution >= 4 is 40.6 Å². The highest BCUT2D eigenvalue weighted by Gasteiger charge is 2.17. The maximum atomic E-state index is 12.4. The van der Waals surface area contributed by atoms with Gasteiger partial charge in [0.25, 0.3) is 11.6 Å². The first-order chi connectivity index (χ1) is 12.8. The summed E-state index contributed by atoms with van der Waals surface area (Å²) in [6.45, 7) is 2.39. The Hall–Kier alpha value is -2.90. The quantitative estimate of drug-likeness (QED) is 0.492. The number of nitro groups is 1. The number of nitro benzene ring substituents is 1. The van der Waals surface area contributed by atoms with Gasteiger partial charge < -0.3 is 5.32 Å². The number of rotatable bonds is 5. The van der Waals surface area contributed by atoms with Gasteiger partial charge in [-0.2, -0.15) is 5.10 Å². The number of halogens is 2. The summed E-state index contributed by atoms with van der Waals surface area (Å²) in [5.74, 6) is -0.157. The summed E-state index contributed by atoms with van der Waals surface area (Å²) in [5, 5.41) is 18.6. The predicted octanol–water partition coefficient (Wildman–Crippen LogP) is 4.71. The van der Waals surface area contributed by atoms with Gasteiger partial charge in [-0.25, -0.2) is 0 Å². The number of benzene rings is 2. The SMILES string of the molecule is Cc1cc(NC(=O)c2ccc(Cl)c([N+](=O)[O-])c2)nn1Cc1ccc(Cl)cc1. The van der Waals surface area contributed by atoms with Gasteiger partial charge in [0.2, 0.25) is 0 Å². The van der Waals surface area contributed by atoms with Crippen molar-refractivity contribution in [2.45, 2.75) is 13.5 Å². The summed E-state index contributed by atoms with van der Waals surface area (Å²) < 4.78 is 1.74. The predicted molar refractivity (Wildman–Crippen MR) is 104 cm³/mol. The Morgan fingerprint density at radius 3 is 2.56 bits per heavy atom. The molecule has 138 valence electrons. The molecular weight excluding hydrogens is 391 g/mol. The first-order valence-corrected chi connectivity index (χ1v) is 8.63. The lowest BCUT2D eigenvalue weighted by atomic mass is 10.2. The molecule has 0 unspecified atom stereocenters. The minimum Gasteiger partial charge on any atom is -0.305 e. The molecule has 1 amide bonds. The molecule has 3 aromatic rings. The molecule has 0 saturated carbocycles. The van der Waals surface area contributed by atoms with Crippen molar-refractivity contribution in [3.05, 3.63) is 85.5 Å². The highest BCUT2D eigenvalue weighted by atomic mass is 35.5. The zero-order valence-corrected chi connectivity index (χ0v) is 15.7. The van der Waals surface area contributed by atoms with Crippen LogP contribution in [0.3, 0.4) is 0 Å². The third-order valence-corrected chi connectivity index (χ3v) is 4.44. The van der Waals surface area contributed by atoms with Crippen molar-refractivity contribution in [3.63, 3.8) is 0 Å². The fourth-order valence-electron chi connectivity index (χ4n) is 2.48. The normalized spacial score (nSPS) is 10.6. The Morgan fingerprint density at radius 1 is 1.19 bits per heavy atom. The van der Waals surface area contributed by atoms with E-state index < -0.39 is 10.8 Å². The van der Waals surface area contributed by atoms with Crippen LogP contribution >= 0.6 is 23.2 Å². The van der Waals surface area contributed by atoms with Crippen LogP contribution in [0, 0.1) is 17.0 Å². The number of aryl methyl sites for hydroxylation is 1. The molecule has 7 nitrogen and oxygen atoms in total. The Morgan fingerprint density at radius 2 is 1.89 bits per heavy atom. The van der Waals surface area contributed by atoms with E-state index in [1.807, 2.05) is 19.1 Å².